The first-order chi connectivity index (χ1) is 17.1. The van der Waals surface area contributed by atoms with Crippen LogP contribution < -0.4 is 5.32 Å². The number of hydrogen-bond acceptors (Lipinski definition) is 6. The number of anilines is 2. The summed E-state index contributed by atoms with van der Waals surface area (Å²) in [4.78, 5) is 24.0. The number of aromatic nitrogens is 5. The molecule has 184 valence electrons. The first kappa shape index (κ1) is 23.7. The Morgan fingerprint density at radius 2 is 1.97 bits per heavy atom. The highest BCUT2D eigenvalue weighted by Gasteiger charge is 2.44. The second-order valence-corrected chi connectivity index (χ2v) is 8.53. The lowest BCUT2D eigenvalue weighted by Crippen LogP contribution is -2.10. The first-order valence-corrected chi connectivity index (χ1v) is 10.9. The third-order valence-corrected chi connectivity index (χ3v) is 5.94. The molecule has 2 N–H and O–H groups in total. The van der Waals surface area contributed by atoms with E-state index in [0.717, 1.165) is 23.0 Å². The summed E-state index contributed by atoms with van der Waals surface area (Å²) in [6, 6.07) is 6.38. The van der Waals surface area contributed by atoms with Gasteiger partial charge in [-0.15, -0.1) is 0 Å². The Balaban J connectivity index is 1.56. The minimum absolute atomic E-state index is 0.00210. The molecule has 0 saturated heterocycles. The van der Waals surface area contributed by atoms with Gasteiger partial charge in [0.25, 0.3) is 0 Å². The maximum atomic E-state index is 13.5. The lowest BCUT2D eigenvalue weighted by molar-refractivity contribution is -0.141. The van der Waals surface area contributed by atoms with Crippen LogP contribution in [0.4, 0.5) is 29.2 Å². The van der Waals surface area contributed by atoms with Gasteiger partial charge >= 0.3 is 12.1 Å². The van der Waals surface area contributed by atoms with Crippen molar-refractivity contribution in [1.29, 1.82) is 0 Å². The van der Waals surface area contributed by atoms with Crippen LogP contribution in [0.25, 0.3) is 16.9 Å². The van der Waals surface area contributed by atoms with Gasteiger partial charge in [-0.05, 0) is 48.2 Å². The van der Waals surface area contributed by atoms with Gasteiger partial charge in [0.2, 0.25) is 5.95 Å². The van der Waals surface area contributed by atoms with E-state index in [9.17, 15) is 27.5 Å². The molecule has 3 heterocycles. The molecule has 1 fully saturated rings. The van der Waals surface area contributed by atoms with Crippen molar-refractivity contribution in [2.45, 2.75) is 18.5 Å². The van der Waals surface area contributed by atoms with Gasteiger partial charge in [0, 0.05) is 41.6 Å². The van der Waals surface area contributed by atoms with E-state index in [0.29, 0.717) is 28.8 Å². The fourth-order valence-electron chi connectivity index (χ4n) is 3.75. The molecule has 36 heavy (non-hydrogen) atoms. The normalized spacial score (nSPS) is 17.1. The Labute approximate surface area is 205 Å². The topological polar surface area (TPSA) is 106 Å². The Hall–Kier alpha value is -4.06. The number of aliphatic carboxylic acids is 1. The quantitative estimate of drug-likeness (QED) is 0.326. The molecule has 0 amide bonds. The lowest BCUT2D eigenvalue weighted by Gasteiger charge is -2.13. The van der Waals surface area contributed by atoms with E-state index >= 15 is 0 Å². The largest absolute Gasteiger partial charge is 0.481 e. The van der Waals surface area contributed by atoms with E-state index in [1.807, 2.05) is 0 Å². The lowest BCUT2D eigenvalue weighted by atomic mass is 10.1. The number of alkyl halides is 3. The molecule has 1 aromatic carbocycles. The van der Waals surface area contributed by atoms with Crippen LogP contribution in [0, 0.1) is 11.7 Å². The zero-order valence-corrected chi connectivity index (χ0v) is 18.8. The minimum atomic E-state index is -4.66. The van der Waals surface area contributed by atoms with Crippen LogP contribution >= 0.6 is 11.6 Å². The van der Waals surface area contributed by atoms with E-state index in [-0.39, 0.29) is 22.7 Å². The van der Waals surface area contributed by atoms with Crippen LogP contribution in [0.15, 0.2) is 55.1 Å². The van der Waals surface area contributed by atoms with Crippen LogP contribution in [0.2, 0.25) is 5.02 Å². The highest BCUT2D eigenvalue weighted by molar-refractivity contribution is 6.31. The highest BCUT2D eigenvalue weighted by Crippen LogP contribution is 2.48. The van der Waals surface area contributed by atoms with E-state index in [2.05, 4.69) is 25.4 Å². The predicted octanol–water partition coefficient (Wildman–Crippen LogP) is 5.47. The number of carbonyl (C=O) groups is 1. The molecule has 2 atom stereocenters. The molecular formula is C23H15ClF4N6O2. The third kappa shape index (κ3) is 4.71. The molecule has 5 rings (SSSR count). The summed E-state index contributed by atoms with van der Waals surface area (Å²) in [5, 5.41) is 15.6. The highest BCUT2D eigenvalue weighted by atomic mass is 35.5. The fraction of sp³-hybridized carbons (Fsp3) is 0.174. The second kappa shape index (κ2) is 8.86. The number of nitrogens with zero attached hydrogens (tertiary/aromatic N) is 5. The Bertz CT molecular complexity index is 1480. The van der Waals surface area contributed by atoms with Gasteiger partial charge in [-0.3, -0.25) is 9.78 Å². The summed E-state index contributed by atoms with van der Waals surface area (Å²) in [6.07, 6.45) is 1.34. The second-order valence-electron chi connectivity index (χ2n) is 8.12. The number of rotatable bonds is 6. The Kier molecular flexibility index (Phi) is 5.83. The molecular weight excluding hydrogens is 504 g/mol. The van der Waals surface area contributed by atoms with Crippen molar-refractivity contribution in [3.63, 3.8) is 0 Å². The molecule has 1 aliphatic rings. The summed E-state index contributed by atoms with van der Waals surface area (Å²) in [6.45, 7) is 0. The van der Waals surface area contributed by atoms with Crippen molar-refractivity contribution >= 4 is 29.2 Å². The number of carboxylic acids is 1. The molecule has 13 heteroatoms. The zero-order valence-electron chi connectivity index (χ0n) is 18.0. The maximum Gasteiger partial charge on any atom is 0.435 e. The van der Waals surface area contributed by atoms with Crippen molar-refractivity contribution in [3.8, 4) is 16.9 Å². The number of hydrogen-bond donors (Lipinski definition) is 2. The van der Waals surface area contributed by atoms with Gasteiger partial charge in [0.1, 0.15) is 5.82 Å². The van der Waals surface area contributed by atoms with Crippen LogP contribution in [-0.4, -0.2) is 35.8 Å². The van der Waals surface area contributed by atoms with Crippen molar-refractivity contribution in [3.05, 3.63) is 77.2 Å². The third-order valence-electron chi connectivity index (χ3n) is 5.65. The van der Waals surface area contributed by atoms with Crippen molar-refractivity contribution in [1.82, 2.24) is 24.7 Å². The van der Waals surface area contributed by atoms with Crippen LogP contribution in [0.5, 0.6) is 0 Å². The van der Waals surface area contributed by atoms with Gasteiger partial charge in [-0.2, -0.15) is 23.3 Å². The van der Waals surface area contributed by atoms with Crippen molar-refractivity contribution < 1.29 is 27.5 Å². The monoisotopic (exact) mass is 518 g/mol. The molecule has 0 bridgehead atoms. The number of benzene rings is 1. The average Bonchev–Trinajstić information content (AvgIpc) is 3.49. The fourth-order valence-corrected chi connectivity index (χ4v) is 3.93. The zero-order chi connectivity index (χ0) is 25.6. The molecule has 0 spiro atoms. The van der Waals surface area contributed by atoms with Gasteiger partial charge < -0.3 is 10.4 Å². The summed E-state index contributed by atoms with van der Waals surface area (Å²) in [5.41, 5.74) is 0.718. The molecule has 8 nitrogen and oxygen atoms in total. The van der Waals surface area contributed by atoms with E-state index in [1.54, 1.807) is 12.3 Å². The number of carboxylic acid groups (broad SMARTS) is 1. The Morgan fingerprint density at radius 1 is 1.17 bits per heavy atom. The van der Waals surface area contributed by atoms with Gasteiger partial charge in [0.05, 0.1) is 10.9 Å². The van der Waals surface area contributed by atoms with E-state index in [4.69, 9.17) is 11.6 Å². The molecule has 2 unspecified atom stereocenters. The summed E-state index contributed by atoms with van der Waals surface area (Å²) < 4.78 is 54.1. The average molecular weight is 519 g/mol. The molecule has 0 radical (unpaired) electrons. The number of halogens is 5. The van der Waals surface area contributed by atoms with Gasteiger partial charge in [-0.1, -0.05) is 11.6 Å². The molecule has 1 saturated carbocycles. The molecule has 1 aliphatic carbocycles. The summed E-state index contributed by atoms with van der Waals surface area (Å²) >= 11 is 5.81. The molecule has 4 aromatic rings. The maximum absolute atomic E-state index is 13.5. The minimum Gasteiger partial charge on any atom is -0.481 e. The van der Waals surface area contributed by atoms with Gasteiger partial charge in [-0.25, -0.2) is 14.1 Å². The first-order valence-electron chi connectivity index (χ1n) is 10.5. The predicted molar refractivity (Wildman–Crippen MR) is 121 cm³/mol. The molecule has 3 aromatic heterocycles. The SMILES string of the molecule is O=C(O)C1CC1c1cncc(-c2cnc(Nc3ccc(F)c(Cl)c3)nc2-n2ccc(C(F)(F)F)n2)c1. The van der Waals surface area contributed by atoms with Crippen LogP contribution in [-0.2, 0) is 11.0 Å². The summed E-state index contributed by atoms with van der Waals surface area (Å²) in [5.74, 6) is -2.22. The summed E-state index contributed by atoms with van der Waals surface area (Å²) in [7, 11) is 0. The number of nitrogens with one attached hydrogen (secondary N) is 1. The van der Waals surface area contributed by atoms with Crippen LogP contribution in [0.1, 0.15) is 23.6 Å². The van der Waals surface area contributed by atoms with E-state index < -0.39 is 29.6 Å². The van der Waals surface area contributed by atoms with Crippen molar-refractivity contribution in [2.24, 2.45) is 5.92 Å². The smallest absolute Gasteiger partial charge is 0.435 e. The van der Waals surface area contributed by atoms with Crippen LogP contribution in [0.3, 0.4) is 0 Å². The number of pyridine rings is 1. The van der Waals surface area contributed by atoms with Gasteiger partial charge in [0.15, 0.2) is 11.5 Å². The Morgan fingerprint density at radius 3 is 2.64 bits per heavy atom. The molecule has 0 aliphatic heterocycles. The standard InChI is InChI=1S/C23H15ClF4N6O2/c24-17-6-13(1-2-18(17)25)31-22-30-10-16(20(32-22)34-4-3-19(33-34)23(26,27)28)12-5-11(8-29-9-12)14-7-15(14)21(35)36/h1-6,8-10,14-15H,7H2,(H,35,36)(H,30,31,32). The van der Waals surface area contributed by atoms with Crippen molar-refractivity contribution in [2.75, 3.05) is 5.32 Å². The van der Waals surface area contributed by atoms with E-state index in [1.165, 1.54) is 24.5 Å².